The van der Waals surface area contributed by atoms with Gasteiger partial charge in [-0.3, -0.25) is 4.79 Å². The third-order valence-corrected chi connectivity index (χ3v) is 8.53. The predicted octanol–water partition coefficient (Wildman–Crippen LogP) is -0.0927. The number of rotatable bonds is 27. The molecule has 0 heterocycles. The Hall–Kier alpha value is -0.930. The molecule has 0 aliphatic carbocycles. The number of carboxylic acid groups (broad SMARTS) is 1. The molecule has 0 aromatic rings. The van der Waals surface area contributed by atoms with E-state index in [0.29, 0.717) is 6.42 Å². The van der Waals surface area contributed by atoms with Crippen LogP contribution in [0, 0.1) is 16.7 Å². The monoisotopic (exact) mass is 598 g/mol. The Labute approximate surface area is 244 Å². The lowest BCUT2D eigenvalue weighted by Gasteiger charge is -2.55. The maximum Gasteiger partial charge on any atom is 0.310 e. The molecule has 6 unspecified atom stereocenters. The quantitative estimate of drug-likeness (QED) is 0.0556. The Bertz CT molecular complexity index is 640. The fourth-order valence-electron chi connectivity index (χ4n) is 6.53. The first-order valence-electron chi connectivity index (χ1n) is 15.1. The fourth-order valence-corrected chi connectivity index (χ4v) is 6.53. The molecule has 0 fully saturated rings. The molecule has 0 aromatic carbocycles. The Morgan fingerprint density at radius 2 is 0.927 bits per heavy atom. The van der Waals surface area contributed by atoms with E-state index in [4.69, 9.17) is 0 Å². The first kappa shape index (κ1) is 40.1. The summed E-state index contributed by atoms with van der Waals surface area (Å²) in [6.45, 7) is -1.78. The van der Waals surface area contributed by atoms with E-state index in [1.807, 2.05) is 0 Å². The van der Waals surface area contributed by atoms with Crippen molar-refractivity contribution in [2.75, 3.05) is 33.0 Å². The summed E-state index contributed by atoms with van der Waals surface area (Å²) in [7, 11) is 0. The maximum atomic E-state index is 13.3. The summed E-state index contributed by atoms with van der Waals surface area (Å²) in [6.07, 6.45) is -2.04. The third kappa shape index (κ3) is 13.1. The number of carbonyl (C=O) groups is 1. The molecule has 0 aliphatic heterocycles. The summed E-state index contributed by atoms with van der Waals surface area (Å²) in [6, 6.07) is 0. The first-order valence-corrected chi connectivity index (χ1v) is 15.1. The van der Waals surface area contributed by atoms with E-state index in [2.05, 4.69) is 6.92 Å². The number of carboxylic acids is 1. The van der Waals surface area contributed by atoms with Crippen LogP contribution in [0.3, 0.4) is 0 Å². The highest BCUT2D eigenvalue weighted by molar-refractivity contribution is 5.76. The van der Waals surface area contributed by atoms with Crippen LogP contribution in [-0.4, -0.2) is 126 Å². The van der Waals surface area contributed by atoms with Crippen LogP contribution >= 0.6 is 0 Å². The summed E-state index contributed by atoms with van der Waals surface area (Å²) in [5.41, 5.74) is -4.02. The molecule has 0 radical (unpaired) electrons. The molecule has 12 heteroatoms. The molecular formula is C29H58O12. The Balaban J connectivity index is 7.01. The molecule has 41 heavy (non-hydrogen) atoms. The minimum absolute atomic E-state index is 0.178. The topological polar surface area (TPSA) is 240 Å². The number of aliphatic hydroxyl groups is 10. The second kappa shape index (κ2) is 21.7. The van der Waals surface area contributed by atoms with Crippen LogP contribution in [0.1, 0.15) is 96.8 Å². The van der Waals surface area contributed by atoms with Crippen molar-refractivity contribution in [2.45, 2.75) is 127 Å². The van der Waals surface area contributed by atoms with Crippen LogP contribution in [0.15, 0.2) is 0 Å². The smallest absolute Gasteiger partial charge is 0.310 e. The molecule has 246 valence electrons. The highest BCUT2D eigenvalue weighted by Crippen LogP contribution is 2.59. The molecule has 11 N–H and O–H groups in total. The Morgan fingerprint density at radius 1 is 0.561 bits per heavy atom. The number of aliphatic hydroxyl groups excluding tert-OH is 10. The third-order valence-electron chi connectivity index (χ3n) is 8.53. The lowest BCUT2D eigenvalue weighted by Crippen LogP contribution is -2.58. The Kier molecular flexibility index (Phi) is 21.2. The van der Waals surface area contributed by atoms with Crippen LogP contribution in [0.2, 0.25) is 0 Å². The number of hydrogen-bond donors (Lipinski definition) is 11. The van der Waals surface area contributed by atoms with Crippen molar-refractivity contribution in [3.8, 4) is 0 Å². The summed E-state index contributed by atoms with van der Waals surface area (Å²) < 4.78 is 0. The SMILES string of the molecule is CCCCCCCCCCC(CC(O)CO)C(CC(O)CO)(CC(O)CO)C(CC(O)CO)(CC(O)CO)C(=O)O. The summed E-state index contributed by atoms with van der Waals surface area (Å²) in [5.74, 6) is -2.41. The molecule has 0 rings (SSSR count). The summed E-state index contributed by atoms with van der Waals surface area (Å²) in [4.78, 5) is 13.3. The molecule has 0 aromatic heterocycles. The molecule has 0 saturated carbocycles. The van der Waals surface area contributed by atoms with Gasteiger partial charge in [0.25, 0.3) is 0 Å². The van der Waals surface area contributed by atoms with Crippen molar-refractivity contribution in [1.82, 2.24) is 0 Å². The van der Waals surface area contributed by atoms with Gasteiger partial charge in [0.2, 0.25) is 0 Å². The molecular weight excluding hydrogens is 540 g/mol. The zero-order chi connectivity index (χ0) is 31.5. The molecule has 0 amide bonds. The minimum Gasteiger partial charge on any atom is -0.481 e. The van der Waals surface area contributed by atoms with Gasteiger partial charge in [-0.05, 0) is 49.9 Å². The van der Waals surface area contributed by atoms with Gasteiger partial charge < -0.3 is 56.2 Å². The van der Waals surface area contributed by atoms with Gasteiger partial charge in [0.15, 0.2) is 0 Å². The molecule has 6 atom stereocenters. The molecule has 0 bridgehead atoms. The second-order valence-electron chi connectivity index (χ2n) is 11.7. The molecule has 0 spiro atoms. The van der Waals surface area contributed by atoms with Gasteiger partial charge in [-0.15, -0.1) is 0 Å². The van der Waals surface area contributed by atoms with Gasteiger partial charge in [0.1, 0.15) is 0 Å². The van der Waals surface area contributed by atoms with E-state index in [0.717, 1.165) is 44.9 Å². The highest BCUT2D eigenvalue weighted by atomic mass is 16.4. The van der Waals surface area contributed by atoms with Crippen molar-refractivity contribution in [2.24, 2.45) is 16.7 Å². The van der Waals surface area contributed by atoms with Crippen LogP contribution < -0.4 is 0 Å². The first-order chi connectivity index (χ1) is 19.4. The van der Waals surface area contributed by atoms with Crippen LogP contribution in [0.5, 0.6) is 0 Å². The highest BCUT2D eigenvalue weighted by Gasteiger charge is 2.61. The van der Waals surface area contributed by atoms with Crippen molar-refractivity contribution < 1.29 is 61.0 Å². The van der Waals surface area contributed by atoms with Crippen molar-refractivity contribution >= 4 is 5.97 Å². The number of aliphatic carboxylic acids is 1. The fraction of sp³-hybridized carbons (Fsp3) is 0.966. The van der Waals surface area contributed by atoms with Crippen LogP contribution in [-0.2, 0) is 4.79 Å². The van der Waals surface area contributed by atoms with Crippen molar-refractivity contribution in [3.63, 3.8) is 0 Å². The van der Waals surface area contributed by atoms with E-state index in [1.165, 1.54) is 0 Å². The Morgan fingerprint density at radius 3 is 1.29 bits per heavy atom. The largest absolute Gasteiger partial charge is 0.481 e. The van der Waals surface area contributed by atoms with Crippen LogP contribution in [0.4, 0.5) is 0 Å². The average Bonchev–Trinajstić information content (AvgIpc) is 2.96. The number of unbranched alkanes of at least 4 members (excludes halogenated alkanes) is 7. The zero-order valence-corrected chi connectivity index (χ0v) is 24.7. The van der Waals surface area contributed by atoms with E-state index < -0.39 is 112 Å². The van der Waals surface area contributed by atoms with Gasteiger partial charge in [-0.2, -0.15) is 0 Å². The van der Waals surface area contributed by atoms with Gasteiger partial charge in [0.05, 0.1) is 69.0 Å². The van der Waals surface area contributed by atoms with E-state index in [-0.39, 0.29) is 12.8 Å². The van der Waals surface area contributed by atoms with Crippen molar-refractivity contribution in [1.29, 1.82) is 0 Å². The predicted molar refractivity (Wildman–Crippen MR) is 152 cm³/mol. The van der Waals surface area contributed by atoms with Gasteiger partial charge in [-0.25, -0.2) is 0 Å². The summed E-state index contributed by atoms with van der Waals surface area (Å²) >= 11 is 0. The summed E-state index contributed by atoms with van der Waals surface area (Å²) in [5, 5.41) is 113. The van der Waals surface area contributed by atoms with Gasteiger partial charge in [0, 0.05) is 0 Å². The van der Waals surface area contributed by atoms with Crippen molar-refractivity contribution in [3.05, 3.63) is 0 Å². The standard InChI is InChI=1S/C29H58O12/c1-2-3-4-5-6-7-8-9-10-21(11-22(35)16-30)28(12-23(36)17-31,13-24(37)18-32)29(27(40)41,14-25(38)19-33)15-26(39)20-34/h21-26,30-39H,2-20H2,1H3,(H,40,41). The average molecular weight is 599 g/mol. The van der Waals surface area contributed by atoms with Gasteiger partial charge in [-0.1, -0.05) is 58.3 Å². The lowest BCUT2D eigenvalue weighted by atomic mass is 9.48. The van der Waals surface area contributed by atoms with E-state index in [1.54, 1.807) is 0 Å². The minimum atomic E-state index is -2.22. The normalized spacial score (nSPS) is 19.5. The van der Waals surface area contributed by atoms with Gasteiger partial charge >= 0.3 is 5.97 Å². The molecule has 0 aliphatic rings. The lowest BCUT2D eigenvalue weighted by molar-refractivity contribution is -0.188. The maximum absolute atomic E-state index is 13.3. The van der Waals surface area contributed by atoms with E-state index >= 15 is 0 Å². The molecule has 12 nitrogen and oxygen atoms in total. The van der Waals surface area contributed by atoms with Crippen LogP contribution in [0.25, 0.3) is 0 Å². The second-order valence-corrected chi connectivity index (χ2v) is 11.7. The number of hydrogen-bond acceptors (Lipinski definition) is 11. The van der Waals surface area contributed by atoms with E-state index in [9.17, 15) is 61.0 Å². The molecule has 0 saturated heterocycles. The zero-order valence-electron chi connectivity index (χ0n) is 24.7.